The highest BCUT2D eigenvalue weighted by Gasteiger charge is 2.23. The molecule has 0 atom stereocenters. The average Bonchev–Trinajstić information content (AvgIpc) is 1.99. The third-order valence-corrected chi connectivity index (χ3v) is 1.78. The summed E-state index contributed by atoms with van der Waals surface area (Å²) >= 11 is 3.08. The number of alkyl halides is 2. The van der Waals surface area contributed by atoms with Gasteiger partial charge in [-0.15, -0.1) is 0 Å². The van der Waals surface area contributed by atoms with Crippen LogP contribution in [-0.4, -0.2) is 12.4 Å². The number of halogens is 3. The third-order valence-electron chi connectivity index (χ3n) is 1.33. The smallest absolute Gasteiger partial charge is 0.394 e. The number of rotatable bonds is 3. The van der Waals surface area contributed by atoms with Gasteiger partial charge in [-0.3, -0.25) is 4.79 Å². The van der Waals surface area contributed by atoms with Gasteiger partial charge in [0, 0.05) is 17.0 Å². The van der Waals surface area contributed by atoms with Crippen LogP contribution in [0.25, 0.3) is 0 Å². The van der Waals surface area contributed by atoms with E-state index in [-0.39, 0.29) is 11.3 Å². The van der Waals surface area contributed by atoms with Gasteiger partial charge in [0.25, 0.3) is 0 Å². The summed E-state index contributed by atoms with van der Waals surface area (Å²) in [5.41, 5.74) is 0.277. The fraction of sp³-hybridized carbons (Fsp3) is 0.222. The Kier molecular flexibility index (Phi) is 3.21. The molecule has 0 spiro atoms. The first-order valence-corrected chi connectivity index (χ1v) is 4.52. The van der Waals surface area contributed by atoms with Crippen molar-refractivity contribution >= 4 is 22.2 Å². The van der Waals surface area contributed by atoms with Crippen LogP contribution in [0.5, 0.6) is 5.75 Å². The number of carbonyl (C=O) groups is 1. The largest absolute Gasteiger partial charge is 0.433 e. The second-order valence-corrected chi connectivity index (χ2v) is 3.66. The van der Waals surface area contributed by atoms with Crippen LogP contribution in [0.3, 0.4) is 0 Å². The molecule has 1 rings (SSSR count). The molecule has 0 radical (unpaired) electrons. The van der Waals surface area contributed by atoms with Crippen molar-refractivity contribution < 1.29 is 18.3 Å². The Morgan fingerprint density at radius 2 is 2.07 bits per heavy atom. The molecule has 1 aromatic rings. The molecule has 2 nitrogen and oxygen atoms in total. The van der Waals surface area contributed by atoms with E-state index < -0.39 is 6.11 Å². The Labute approximate surface area is 88.0 Å². The van der Waals surface area contributed by atoms with E-state index in [1.54, 1.807) is 0 Å². The molecule has 0 heterocycles. The number of hydrogen-bond donors (Lipinski definition) is 0. The number of aldehydes is 1. The van der Waals surface area contributed by atoms with E-state index in [2.05, 4.69) is 20.7 Å². The highest BCUT2D eigenvalue weighted by atomic mass is 79.9. The van der Waals surface area contributed by atoms with Gasteiger partial charge in [-0.2, -0.15) is 8.78 Å². The standard InChI is InChI=1S/C9H7BrF2O2/c1-9(11,12)14-8-3-6(5-13)2-7(10)4-8/h2-5H,1H3. The van der Waals surface area contributed by atoms with Crippen LogP contribution in [0.4, 0.5) is 8.78 Å². The maximum atomic E-state index is 12.4. The van der Waals surface area contributed by atoms with Gasteiger partial charge < -0.3 is 4.74 Å². The topological polar surface area (TPSA) is 26.3 Å². The molecule has 0 aliphatic heterocycles. The molecule has 0 aliphatic rings. The second kappa shape index (κ2) is 4.04. The molecule has 0 N–H and O–H groups in total. The lowest BCUT2D eigenvalue weighted by Gasteiger charge is -2.13. The van der Waals surface area contributed by atoms with Gasteiger partial charge in [-0.1, -0.05) is 15.9 Å². The van der Waals surface area contributed by atoms with Crippen LogP contribution < -0.4 is 4.74 Å². The molecule has 0 fully saturated rings. The molecule has 5 heteroatoms. The van der Waals surface area contributed by atoms with Crippen LogP contribution in [0.2, 0.25) is 0 Å². The average molecular weight is 265 g/mol. The first kappa shape index (κ1) is 11.1. The van der Waals surface area contributed by atoms with Crippen molar-refractivity contribution in [3.63, 3.8) is 0 Å². The van der Waals surface area contributed by atoms with E-state index in [1.807, 2.05) is 0 Å². The highest BCUT2D eigenvalue weighted by Crippen LogP contribution is 2.25. The molecular formula is C9H7BrF2O2. The first-order chi connectivity index (χ1) is 6.40. The fourth-order valence-electron chi connectivity index (χ4n) is 0.918. The zero-order valence-electron chi connectivity index (χ0n) is 7.26. The van der Waals surface area contributed by atoms with Crippen LogP contribution in [-0.2, 0) is 0 Å². The number of hydrogen-bond acceptors (Lipinski definition) is 2. The molecule has 0 unspecified atom stereocenters. The van der Waals surface area contributed by atoms with E-state index in [0.717, 1.165) is 0 Å². The summed E-state index contributed by atoms with van der Waals surface area (Å²) < 4.78 is 29.7. The van der Waals surface area contributed by atoms with Crippen molar-refractivity contribution in [2.75, 3.05) is 0 Å². The summed E-state index contributed by atoms with van der Waals surface area (Å²) in [6, 6.07) is 4.12. The summed E-state index contributed by atoms with van der Waals surface area (Å²) in [4.78, 5) is 10.4. The van der Waals surface area contributed by atoms with E-state index in [9.17, 15) is 13.6 Å². The quantitative estimate of drug-likeness (QED) is 0.784. The van der Waals surface area contributed by atoms with Gasteiger partial charge in [0.1, 0.15) is 12.0 Å². The van der Waals surface area contributed by atoms with Gasteiger partial charge in [-0.25, -0.2) is 0 Å². The van der Waals surface area contributed by atoms with Gasteiger partial charge >= 0.3 is 6.11 Å². The van der Waals surface area contributed by atoms with Crippen LogP contribution in [0.1, 0.15) is 17.3 Å². The molecule has 14 heavy (non-hydrogen) atoms. The predicted molar refractivity (Wildman–Crippen MR) is 50.8 cm³/mol. The van der Waals surface area contributed by atoms with E-state index in [4.69, 9.17) is 0 Å². The van der Waals surface area contributed by atoms with Crippen molar-refractivity contribution in [2.45, 2.75) is 13.0 Å². The van der Waals surface area contributed by atoms with Crippen LogP contribution in [0, 0.1) is 0 Å². The summed E-state index contributed by atoms with van der Waals surface area (Å²) in [5.74, 6) is -0.0472. The lowest BCUT2D eigenvalue weighted by Crippen LogP contribution is -2.19. The molecular weight excluding hydrogens is 258 g/mol. The van der Waals surface area contributed by atoms with Gasteiger partial charge in [0.2, 0.25) is 0 Å². The molecule has 0 saturated heterocycles. The second-order valence-electron chi connectivity index (χ2n) is 2.75. The zero-order valence-corrected chi connectivity index (χ0v) is 8.85. The Morgan fingerprint density at radius 1 is 1.43 bits per heavy atom. The molecule has 0 aromatic heterocycles. The Balaban J connectivity index is 2.98. The lowest BCUT2D eigenvalue weighted by atomic mass is 10.2. The molecule has 0 amide bonds. The maximum absolute atomic E-state index is 12.4. The minimum Gasteiger partial charge on any atom is -0.433 e. The maximum Gasteiger partial charge on any atom is 0.394 e. The first-order valence-electron chi connectivity index (χ1n) is 3.73. The Bertz CT molecular complexity index is 347. The van der Waals surface area contributed by atoms with E-state index in [0.29, 0.717) is 17.7 Å². The Morgan fingerprint density at radius 3 is 2.57 bits per heavy atom. The van der Waals surface area contributed by atoms with Crippen molar-refractivity contribution in [3.05, 3.63) is 28.2 Å². The van der Waals surface area contributed by atoms with E-state index >= 15 is 0 Å². The lowest BCUT2D eigenvalue weighted by molar-refractivity contribution is -0.159. The van der Waals surface area contributed by atoms with Gasteiger partial charge in [0.05, 0.1) is 0 Å². The normalized spacial score (nSPS) is 11.1. The van der Waals surface area contributed by atoms with Gasteiger partial charge in [-0.05, 0) is 18.2 Å². The number of benzene rings is 1. The van der Waals surface area contributed by atoms with Gasteiger partial charge in [0.15, 0.2) is 0 Å². The molecule has 0 saturated carbocycles. The zero-order chi connectivity index (χ0) is 10.8. The van der Waals surface area contributed by atoms with Crippen LogP contribution in [0.15, 0.2) is 22.7 Å². The Hall–Kier alpha value is -0.970. The minimum atomic E-state index is -3.25. The summed E-state index contributed by atoms with van der Waals surface area (Å²) in [5, 5.41) is 0. The monoisotopic (exact) mass is 264 g/mol. The highest BCUT2D eigenvalue weighted by molar-refractivity contribution is 9.10. The fourth-order valence-corrected chi connectivity index (χ4v) is 1.41. The predicted octanol–water partition coefficient (Wildman–Crippen LogP) is 3.25. The number of carbonyl (C=O) groups excluding carboxylic acids is 1. The minimum absolute atomic E-state index is 0.0472. The summed E-state index contributed by atoms with van der Waals surface area (Å²) in [6.45, 7) is 0.633. The van der Waals surface area contributed by atoms with E-state index in [1.165, 1.54) is 18.2 Å². The van der Waals surface area contributed by atoms with Crippen molar-refractivity contribution in [1.82, 2.24) is 0 Å². The van der Waals surface area contributed by atoms with Crippen molar-refractivity contribution in [3.8, 4) is 5.75 Å². The van der Waals surface area contributed by atoms with Crippen LogP contribution >= 0.6 is 15.9 Å². The molecule has 76 valence electrons. The third kappa shape index (κ3) is 3.41. The SMILES string of the molecule is CC(F)(F)Oc1cc(Br)cc(C=O)c1. The summed E-state index contributed by atoms with van der Waals surface area (Å²) in [7, 11) is 0. The molecule has 1 aromatic carbocycles. The number of ether oxygens (including phenoxy) is 1. The van der Waals surface area contributed by atoms with Crippen molar-refractivity contribution in [2.24, 2.45) is 0 Å². The van der Waals surface area contributed by atoms with Crippen molar-refractivity contribution in [1.29, 1.82) is 0 Å². The molecule has 0 bridgehead atoms. The molecule has 0 aliphatic carbocycles. The summed E-state index contributed by atoms with van der Waals surface area (Å²) in [6.07, 6.45) is -2.69.